The van der Waals surface area contributed by atoms with Crippen molar-refractivity contribution in [3.63, 3.8) is 0 Å². The van der Waals surface area contributed by atoms with E-state index in [1.807, 2.05) is 42.5 Å². The number of halogens is 1. The molecule has 0 bridgehead atoms. The minimum absolute atomic E-state index is 0.0686. The van der Waals surface area contributed by atoms with E-state index in [9.17, 15) is 4.79 Å². The highest BCUT2D eigenvalue weighted by molar-refractivity contribution is 9.10. The van der Waals surface area contributed by atoms with Crippen LogP contribution in [0.5, 0.6) is 0 Å². The fourth-order valence-corrected chi connectivity index (χ4v) is 3.50. The SMILES string of the molecule is O=C(OCC1COCCOCCOCCOCCOCCO1)c1cccc(-c2ccc(Br)cc2)c1. The van der Waals surface area contributed by atoms with Crippen molar-refractivity contribution >= 4 is 21.9 Å². The van der Waals surface area contributed by atoms with Gasteiger partial charge in [-0.15, -0.1) is 0 Å². The van der Waals surface area contributed by atoms with Crippen molar-refractivity contribution in [2.24, 2.45) is 0 Å². The van der Waals surface area contributed by atoms with Crippen LogP contribution in [-0.2, 0) is 33.2 Å². The van der Waals surface area contributed by atoms with Crippen LogP contribution < -0.4 is 0 Å². The molecule has 0 spiro atoms. The zero-order valence-electron chi connectivity index (χ0n) is 19.8. The molecule has 0 aliphatic carbocycles. The van der Waals surface area contributed by atoms with E-state index >= 15 is 0 Å². The largest absolute Gasteiger partial charge is 0.459 e. The fraction of sp³-hybridized carbons (Fsp3) is 0.500. The highest BCUT2D eigenvalue weighted by Gasteiger charge is 2.15. The van der Waals surface area contributed by atoms with E-state index in [0.29, 0.717) is 71.6 Å². The molecular weight excluding hydrogens is 520 g/mol. The maximum absolute atomic E-state index is 12.7. The third-order valence-corrected chi connectivity index (χ3v) is 5.58. The molecule has 1 aliphatic heterocycles. The van der Waals surface area contributed by atoms with E-state index in [4.69, 9.17) is 33.2 Å². The van der Waals surface area contributed by atoms with Gasteiger partial charge in [0.2, 0.25) is 0 Å². The number of benzene rings is 2. The van der Waals surface area contributed by atoms with Crippen molar-refractivity contribution in [2.45, 2.75) is 6.10 Å². The molecule has 1 unspecified atom stereocenters. The molecule has 1 aliphatic rings. The van der Waals surface area contributed by atoms with Gasteiger partial charge < -0.3 is 33.2 Å². The van der Waals surface area contributed by atoms with Crippen LogP contribution >= 0.6 is 15.9 Å². The van der Waals surface area contributed by atoms with Crippen molar-refractivity contribution in [3.8, 4) is 11.1 Å². The lowest BCUT2D eigenvalue weighted by Crippen LogP contribution is -2.29. The van der Waals surface area contributed by atoms with E-state index in [0.717, 1.165) is 15.6 Å². The molecule has 2 aromatic rings. The molecule has 0 amide bonds. The van der Waals surface area contributed by atoms with Gasteiger partial charge in [-0.05, 0) is 35.4 Å². The first-order valence-corrected chi connectivity index (χ1v) is 12.5. The van der Waals surface area contributed by atoms with Crippen molar-refractivity contribution < 1.29 is 38.0 Å². The first kappa shape index (κ1) is 27.7. The minimum Gasteiger partial charge on any atom is -0.459 e. The number of hydrogen-bond donors (Lipinski definition) is 0. The summed E-state index contributed by atoms with van der Waals surface area (Å²) in [7, 11) is 0. The first-order valence-electron chi connectivity index (χ1n) is 11.8. The van der Waals surface area contributed by atoms with Crippen LogP contribution in [0.2, 0.25) is 0 Å². The standard InChI is InChI=1S/C26H33BrO8/c27-24-6-4-21(5-7-24)22-2-1-3-23(18-22)26(28)35-20-25-19-33-15-14-31-11-10-29-8-9-30-12-13-32-16-17-34-25/h1-7,18,25H,8-17,19-20H2. The maximum atomic E-state index is 12.7. The van der Waals surface area contributed by atoms with Gasteiger partial charge in [0.05, 0.1) is 78.2 Å². The highest BCUT2D eigenvalue weighted by Crippen LogP contribution is 2.23. The van der Waals surface area contributed by atoms with Crippen LogP contribution in [0.25, 0.3) is 11.1 Å². The molecule has 0 aromatic heterocycles. The summed E-state index contributed by atoms with van der Waals surface area (Å²) in [5, 5.41) is 0. The summed E-state index contributed by atoms with van der Waals surface area (Å²) >= 11 is 3.44. The Hall–Kier alpha value is -1.85. The molecule has 0 saturated carbocycles. The van der Waals surface area contributed by atoms with Gasteiger partial charge in [-0.2, -0.15) is 0 Å². The predicted molar refractivity (Wildman–Crippen MR) is 134 cm³/mol. The summed E-state index contributed by atoms with van der Waals surface area (Å²) in [6.45, 7) is 4.94. The second-order valence-electron chi connectivity index (χ2n) is 7.70. The van der Waals surface area contributed by atoms with E-state index in [1.165, 1.54) is 0 Å². The maximum Gasteiger partial charge on any atom is 0.338 e. The second-order valence-corrected chi connectivity index (χ2v) is 8.62. The Labute approximate surface area is 214 Å². The normalized spacial score (nSPS) is 19.9. The fourth-order valence-electron chi connectivity index (χ4n) is 3.23. The quantitative estimate of drug-likeness (QED) is 0.530. The summed E-state index contributed by atoms with van der Waals surface area (Å²) in [5.74, 6) is -0.413. The first-order chi connectivity index (χ1) is 17.2. The molecule has 35 heavy (non-hydrogen) atoms. The van der Waals surface area contributed by atoms with E-state index < -0.39 is 12.1 Å². The number of ether oxygens (including phenoxy) is 7. The Kier molecular flexibility index (Phi) is 13.3. The van der Waals surface area contributed by atoms with Crippen LogP contribution in [-0.4, -0.2) is 91.4 Å². The molecule has 1 heterocycles. The predicted octanol–water partition coefficient (Wildman–Crippen LogP) is 3.75. The molecule has 3 rings (SSSR count). The van der Waals surface area contributed by atoms with Crippen molar-refractivity contribution in [1.82, 2.24) is 0 Å². The van der Waals surface area contributed by atoms with E-state index in [1.54, 1.807) is 6.07 Å². The summed E-state index contributed by atoms with van der Waals surface area (Å²) in [6, 6.07) is 15.3. The molecule has 2 aromatic carbocycles. The number of esters is 1. The van der Waals surface area contributed by atoms with Crippen molar-refractivity contribution in [3.05, 3.63) is 58.6 Å². The molecule has 192 valence electrons. The van der Waals surface area contributed by atoms with Crippen LogP contribution in [0.15, 0.2) is 53.0 Å². The Morgan fingerprint density at radius 1 is 0.743 bits per heavy atom. The van der Waals surface area contributed by atoms with Gasteiger partial charge in [0.25, 0.3) is 0 Å². The Morgan fingerprint density at radius 3 is 1.94 bits per heavy atom. The summed E-state index contributed by atoms with van der Waals surface area (Å²) in [6.07, 6.45) is -0.421. The summed E-state index contributed by atoms with van der Waals surface area (Å²) in [5.41, 5.74) is 2.43. The zero-order chi connectivity index (χ0) is 24.6. The Morgan fingerprint density at radius 2 is 1.31 bits per heavy atom. The van der Waals surface area contributed by atoms with Gasteiger partial charge in [-0.3, -0.25) is 0 Å². The van der Waals surface area contributed by atoms with Crippen LogP contribution in [0, 0.1) is 0 Å². The van der Waals surface area contributed by atoms with Gasteiger partial charge in [0.15, 0.2) is 0 Å². The molecular formula is C26H33BrO8. The molecule has 8 nitrogen and oxygen atoms in total. The van der Waals surface area contributed by atoms with Gasteiger partial charge in [-0.1, -0.05) is 40.2 Å². The average molecular weight is 553 g/mol. The average Bonchev–Trinajstić information content (AvgIpc) is 2.88. The van der Waals surface area contributed by atoms with E-state index in [2.05, 4.69) is 15.9 Å². The van der Waals surface area contributed by atoms with Crippen LogP contribution in [0.1, 0.15) is 10.4 Å². The third-order valence-electron chi connectivity index (χ3n) is 5.05. The Balaban J connectivity index is 1.49. The molecule has 1 atom stereocenters. The lowest BCUT2D eigenvalue weighted by Gasteiger charge is -2.19. The monoisotopic (exact) mass is 552 g/mol. The van der Waals surface area contributed by atoms with Crippen LogP contribution in [0.3, 0.4) is 0 Å². The lowest BCUT2D eigenvalue weighted by atomic mass is 10.0. The van der Waals surface area contributed by atoms with Crippen LogP contribution in [0.4, 0.5) is 0 Å². The highest BCUT2D eigenvalue weighted by atomic mass is 79.9. The molecule has 0 N–H and O–H groups in total. The number of rotatable bonds is 4. The minimum atomic E-state index is -0.421. The molecule has 1 saturated heterocycles. The van der Waals surface area contributed by atoms with Gasteiger partial charge in [-0.25, -0.2) is 4.79 Å². The molecule has 0 radical (unpaired) electrons. The number of carbonyl (C=O) groups excluding carboxylic acids is 1. The summed E-state index contributed by atoms with van der Waals surface area (Å²) in [4.78, 5) is 12.7. The topological polar surface area (TPSA) is 81.7 Å². The van der Waals surface area contributed by atoms with Crippen molar-refractivity contribution in [2.75, 3.05) is 79.3 Å². The number of hydrogen-bond acceptors (Lipinski definition) is 8. The lowest BCUT2D eigenvalue weighted by molar-refractivity contribution is -0.0772. The zero-order valence-corrected chi connectivity index (χ0v) is 21.4. The summed E-state index contributed by atoms with van der Waals surface area (Å²) < 4.78 is 39.9. The number of carbonyl (C=O) groups is 1. The van der Waals surface area contributed by atoms with E-state index in [-0.39, 0.29) is 13.2 Å². The molecule has 1 fully saturated rings. The van der Waals surface area contributed by atoms with Gasteiger partial charge >= 0.3 is 5.97 Å². The van der Waals surface area contributed by atoms with Gasteiger partial charge in [0, 0.05) is 4.47 Å². The second kappa shape index (κ2) is 16.8. The van der Waals surface area contributed by atoms with Gasteiger partial charge in [0.1, 0.15) is 12.7 Å². The Bertz CT molecular complexity index is 843. The molecule has 9 heteroatoms. The van der Waals surface area contributed by atoms with Crippen molar-refractivity contribution in [1.29, 1.82) is 0 Å². The third kappa shape index (κ3) is 11.2. The smallest absolute Gasteiger partial charge is 0.338 e.